The van der Waals surface area contributed by atoms with Crippen molar-refractivity contribution in [3.8, 4) is 0 Å². The number of piperidine rings is 1. The molecule has 1 saturated carbocycles. The van der Waals surface area contributed by atoms with Gasteiger partial charge in [0, 0.05) is 25.8 Å². The molecule has 0 radical (unpaired) electrons. The fraction of sp³-hybridized carbons (Fsp3) is 0.500. The van der Waals surface area contributed by atoms with Crippen molar-refractivity contribution in [1.29, 1.82) is 0 Å². The Morgan fingerprint density at radius 3 is 2.48 bits per heavy atom. The van der Waals surface area contributed by atoms with Crippen LogP contribution in [0.2, 0.25) is 0 Å². The Hall–Kier alpha value is -2.44. The summed E-state index contributed by atoms with van der Waals surface area (Å²) in [4.78, 5) is 15.0. The first-order chi connectivity index (χ1) is 13.8. The molecule has 3 aliphatic rings. The molecule has 1 N–H and O–H groups in total. The maximum Gasteiger partial charge on any atom is 0.416 e. The van der Waals surface area contributed by atoms with Crippen molar-refractivity contribution in [3.05, 3.63) is 47.7 Å². The summed E-state index contributed by atoms with van der Waals surface area (Å²) in [5.41, 5.74) is 0.730. The topological polar surface area (TPSA) is 43.8 Å². The lowest BCUT2D eigenvalue weighted by atomic mass is 9.75. The number of carbonyl (C=O) groups is 1. The molecular weight excluding hydrogens is 381 g/mol. The molecule has 1 aromatic carbocycles. The van der Waals surface area contributed by atoms with Gasteiger partial charge in [-0.25, -0.2) is 4.79 Å². The van der Waals surface area contributed by atoms with E-state index in [1.54, 1.807) is 17.2 Å². The number of anilines is 2. The lowest BCUT2D eigenvalue weighted by molar-refractivity contribution is -0.137. The van der Waals surface area contributed by atoms with Gasteiger partial charge in [0.15, 0.2) is 0 Å². The van der Waals surface area contributed by atoms with Gasteiger partial charge in [-0.3, -0.25) is 0 Å². The second kappa shape index (κ2) is 7.76. The molecule has 1 saturated heterocycles. The molecule has 0 unspecified atom stereocenters. The molecule has 156 valence electrons. The van der Waals surface area contributed by atoms with Crippen LogP contribution in [0, 0.1) is 11.8 Å². The van der Waals surface area contributed by atoms with E-state index < -0.39 is 17.7 Å². The van der Waals surface area contributed by atoms with Gasteiger partial charge in [-0.1, -0.05) is 25.3 Å². The Kier molecular flexibility index (Phi) is 5.32. The number of rotatable bonds is 3. The molecule has 7 heteroatoms. The van der Waals surface area contributed by atoms with Crippen molar-refractivity contribution in [2.75, 3.05) is 29.4 Å². The smallest absolute Gasteiger partial charge is 0.416 e. The number of nitrogens with zero attached hydrogens (tertiary/aromatic N) is 2. The lowest BCUT2D eigenvalue weighted by Crippen LogP contribution is -2.42. The van der Waals surface area contributed by atoms with Crippen LogP contribution in [0.5, 0.6) is 0 Å². The minimum Gasteiger partial charge on any atom is -0.478 e. The molecule has 4 nitrogen and oxygen atoms in total. The predicted molar refractivity (Wildman–Crippen MR) is 106 cm³/mol. The number of halogens is 3. The molecule has 2 aliphatic heterocycles. The van der Waals surface area contributed by atoms with Gasteiger partial charge >= 0.3 is 12.1 Å². The minimum atomic E-state index is -4.43. The monoisotopic (exact) mass is 406 g/mol. The van der Waals surface area contributed by atoms with Crippen molar-refractivity contribution in [1.82, 2.24) is 0 Å². The summed E-state index contributed by atoms with van der Waals surface area (Å²) in [6.07, 6.45) is 6.13. The van der Waals surface area contributed by atoms with Gasteiger partial charge in [0.25, 0.3) is 0 Å². The zero-order valence-electron chi connectivity index (χ0n) is 16.2. The van der Waals surface area contributed by atoms with E-state index in [0.29, 0.717) is 11.6 Å². The maximum atomic E-state index is 13.4. The normalized spacial score (nSPS) is 24.9. The van der Waals surface area contributed by atoms with Crippen LogP contribution in [0.3, 0.4) is 0 Å². The number of carboxylic acids is 1. The third kappa shape index (κ3) is 4.14. The van der Waals surface area contributed by atoms with Gasteiger partial charge in [0.05, 0.1) is 22.5 Å². The highest BCUT2D eigenvalue weighted by atomic mass is 19.4. The summed E-state index contributed by atoms with van der Waals surface area (Å²) in [5.74, 6) is 0.293. The van der Waals surface area contributed by atoms with Crippen LogP contribution in [0.4, 0.5) is 24.5 Å². The quantitative estimate of drug-likeness (QED) is 0.762. The third-order valence-electron chi connectivity index (χ3n) is 6.43. The van der Waals surface area contributed by atoms with E-state index in [2.05, 4.69) is 4.90 Å². The standard InChI is InChI=1S/C22H25F3N2O2/c23-22(24,25)18-5-6-19(27-12-7-15-3-1-2-4-17(15)14-27)20(13-18)26-10-8-16(9-11-26)21(28)29/h5-6,8-10,13,15,17H,1-4,7,11-12,14H2,(H,28,29)/t15-,17-/m0/s1. The van der Waals surface area contributed by atoms with Crippen molar-refractivity contribution in [3.63, 3.8) is 0 Å². The molecule has 1 aliphatic carbocycles. The number of alkyl halides is 3. The van der Waals surface area contributed by atoms with Crippen LogP contribution >= 0.6 is 0 Å². The van der Waals surface area contributed by atoms with Crippen LogP contribution in [-0.2, 0) is 11.0 Å². The van der Waals surface area contributed by atoms with Gasteiger partial charge in [0.1, 0.15) is 0 Å². The molecule has 0 bridgehead atoms. The van der Waals surface area contributed by atoms with Crippen molar-refractivity contribution < 1.29 is 23.1 Å². The second-order valence-corrected chi connectivity index (χ2v) is 8.17. The number of aliphatic carboxylic acids is 1. The molecule has 2 fully saturated rings. The number of carboxylic acid groups (broad SMARTS) is 1. The van der Waals surface area contributed by atoms with E-state index in [1.165, 1.54) is 43.9 Å². The van der Waals surface area contributed by atoms with Crippen LogP contribution in [0.15, 0.2) is 42.1 Å². The SMILES string of the molecule is O=C(O)C1=CCN(c2cc(C(F)(F)F)ccc2N2CC[C@@H]3CCCC[C@H]3C2)C=C1. The van der Waals surface area contributed by atoms with E-state index in [4.69, 9.17) is 5.11 Å². The van der Waals surface area contributed by atoms with Crippen molar-refractivity contribution >= 4 is 17.3 Å². The molecular formula is C22H25F3N2O2. The highest BCUT2D eigenvalue weighted by molar-refractivity contribution is 5.90. The number of benzene rings is 1. The largest absolute Gasteiger partial charge is 0.478 e. The minimum absolute atomic E-state index is 0.151. The Labute approximate surface area is 168 Å². The summed E-state index contributed by atoms with van der Waals surface area (Å²) in [6.45, 7) is 1.94. The van der Waals surface area contributed by atoms with E-state index in [-0.39, 0.29) is 12.1 Å². The molecule has 2 atom stereocenters. The first kappa shape index (κ1) is 19.9. The summed E-state index contributed by atoms with van der Waals surface area (Å²) < 4.78 is 40.1. The van der Waals surface area contributed by atoms with E-state index in [1.807, 2.05) is 0 Å². The number of hydrogen-bond donors (Lipinski definition) is 1. The summed E-state index contributed by atoms with van der Waals surface area (Å²) in [6, 6.07) is 3.91. The molecule has 0 aromatic heterocycles. The fourth-order valence-electron chi connectivity index (χ4n) is 4.85. The van der Waals surface area contributed by atoms with Gasteiger partial charge in [0.2, 0.25) is 0 Å². The predicted octanol–water partition coefficient (Wildman–Crippen LogP) is 5.07. The molecule has 29 heavy (non-hydrogen) atoms. The number of hydrogen-bond acceptors (Lipinski definition) is 3. The van der Waals surface area contributed by atoms with Gasteiger partial charge < -0.3 is 14.9 Å². The molecule has 0 amide bonds. The highest BCUT2D eigenvalue weighted by Crippen LogP contribution is 2.42. The van der Waals surface area contributed by atoms with E-state index in [9.17, 15) is 18.0 Å². The molecule has 1 aromatic rings. The summed E-state index contributed by atoms with van der Waals surface area (Å²) in [5, 5.41) is 9.12. The van der Waals surface area contributed by atoms with E-state index in [0.717, 1.165) is 37.2 Å². The lowest BCUT2D eigenvalue weighted by Gasteiger charge is -2.43. The van der Waals surface area contributed by atoms with Crippen LogP contribution < -0.4 is 9.80 Å². The van der Waals surface area contributed by atoms with Crippen molar-refractivity contribution in [2.45, 2.75) is 38.3 Å². The van der Waals surface area contributed by atoms with Crippen LogP contribution in [0.1, 0.15) is 37.7 Å². The number of fused-ring (bicyclic) bond motifs is 1. The molecule has 0 spiro atoms. The fourth-order valence-corrected chi connectivity index (χ4v) is 4.85. The average molecular weight is 406 g/mol. The molecule has 2 heterocycles. The van der Waals surface area contributed by atoms with Crippen molar-refractivity contribution in [2.24, 2.45) is 11.8 Å². The van der Waals surface area contributed by atoms with Gasteiger partial charge in [-0.05, 0) is 49.0 Å². The van der Waals surface area contributed by atoms with Crippen LogP contribution in [-0.4, -0.2) is 30.7 Å². The average Bonchev–Trinajstić information content (AvgIpc) is 2.72. The Bertz CT molecular complexity index is 847. The van der Waals surface area contributed by atoms with Gasteiger partial charge in [-0.2, -0.15) is 13.2 Å². The summed E-state index contributed by atoms with van der Waals surface area (Å²) in [7, 11) is 0. The van der Waals surface area contributed by atoms with Gasteiger partial charge in [-0.15, -0.1) is 0 Å². The third-order valence-corrected chi connectivity index (χ3v) is 6.43. The molecule has 4 rings (SSSR count). The van der Waals surface area contributed by atoms with E-state index >= 15 is 0 Å². The maximum absolute atomic E-state index is 13.4. The Morgan fingerprint density at radius 1 is 1.07 bits per heavy atom. The van der Waals surface area contributed by atoms with Crippen LogP contribution in [0.25, 0.3) is 0 Å². The summed E-state index contributed by atoms with van der Waals surface area (Å²) >= 11 is 0. The second-order valence-electron chi connectivity index (χ2n) is 8.17. The Morgan fingerprint density at radius 2 is 1.83 bits per heavy atom. The Balaban J connectivity index is 1.65. The zero-order chi connectivity index (χ0) is 20.6. The zero-order valence-corrected chi connectivity index (χ0v) is 16.2. The first-order valence-electron chi connectivity index (χ1n) is 10.2. The first-order valence-corrected chi connectivity index (χ1v) is 10.2. The highest BCUT2D eigenvalue weighted by Gasteiger charge is 2.35.